The van der Waals surface area contributed by atoms with Gasteiger partial charge in [-0.15, -0.1) is 0 Å². The third-order valence-electron chi connectivity index (χ3n) is 4.10. The molecule has 0 fully saturated rings. The lowest BCUT2D eigenvalue weighted by atomic mass is 10.1. The van der Waals surface area contributed by atoms with Gasteiger partial charge in [-0.05, 0) is 54.4 Å². The number of hydrogen-bond donors (Lipinski definition) is 1. The topological polar surface area (TPSA) is 63.2 Å². The van der Waals surface area contributed by atoms with Crippen molar-refractivity contribution >= 4 is 37.4 Å². The first kappa shape index (κ1) is 19.3. The van der Waals surface area contributed by atoms with Gasteiger partial charge < -0.3 is 5.32 Å². The number of carbonyl (C=O) groups excluding carboxylic acids is 1. The van der Waals surface area contributed by atoms with E-state index in [1.54, 1.807) is 54.6 Å². The molecule has 0 bridgehead atoms. The molecule has 138 valence electrons. The number of sulfone groups is 1. The molecule has 0 aliphatic carbocycles. The van der Waals surface area contributed by atoms with Gasteiger partial charge in [-0.1, -0.05) is 52.3 Å². The number of benzene rings is 3. The summed E-state index contributed by atoms with van der Waals surface area (Å²) in [5, 5.41) is 2.83. The van der Waals surface area contributed by atoms with Crippen molar-refractivity contribution in [2.75, 3.05) is 5.32 Å². The van der Waals surface area contributed by atoms with Crippen LogP contribution in [0, 0.1) is 6.92 Å². The first-order valence-electron chi connectivity index (χ1n) is 8.29. The molecule has 1 amide bonds. The number of anilines is 1. The Labute approximate surface area is 167 Å². The molecular formula is C21H18BrNO3S. The molecule has 0 heterocycles. The highest BCUT2D eigenvalue weighted by atomic mass is 79.9. The summed E-state index contributed by atoms with van der Waals surface area (Å²) >= 11 is 3.44. The Kier molecular flexibility index (Phi) is 5.77. The van der Waals surface area contributed by atoms with Gasteiger partial charge in [0.15, 0.2) is 9.84 Å². The van der Waals surface area contributed by atoms with Crippen molar-refractivity contribution in [3.8, 4) is 0 Å². The van der Waals surface area contributed by atoms with Crippen molar-refractivity contribution in [1.82, 2.24) is 0 Å². The fourth-order valence-corrected chi connectivity index (χ4v) is 4.31. The highest BCUT2D eigenvalue weighted by Gasteiger charge is 2.15. The average Bonchev–Trinajstić information content (AvgIpc) is 2.66. The molecule has 0 aliphatic heterocycles. The second-order valence-electron chi connectivity index (χ2n) is 6.19. The van der Waals surface area contributed by atoms with Gasteiger partial charge in [-0.25, -0.2) is 8.42 Å². The first-order valence-corrected chi connectivity index (χ1v) is 10.7. The number of rotatable bonds is 5. The molecule has 0 saturated carbocycles. The van der Waals surface area contributed by atoms with Crippen LogP contribution in [-0.2, 0) is 15.6 Å². The summed E-state index contributed by atoms with van der Waals surface area (Å²) < 4.78 is 25.8. The Bertz CT molecular complexity index is 1060. The summed E-state index contributed by atoms with van der Waals surface area (Å²) in [5.41, 5.74) is 2.87. The van der Waals surface area contributed by atoms with E-state index < -0.39 is 9.84 Å². The summed E-state index contributed by atoms with van der Waals surface area (Å²) in [6.45, 7) is 1.97. The van der Waals surface area contributed by atoms with Crippen LogP contribution in [0.4, 0.5) is 5.69 Å². The molecule has 6 heteroatoms. The van der Waals surface area contributed by atoms with Gasteiger partial charge in [0.2, 0.25) is 0 Å². The largest absolute Gasteiger partial charge is 0.322 e. The molecule has 4 nitrogen and oxygen atoms in total. The standard InChI is InChI=1S/C21H18BrNO3S/c1-15-7-12-18(13-20(15)22)23-21(24)17-10-8-16(9-11-17)14-27(25,26)19-5-3-2-4-6-19/h2-13H,14H2,1H3,(H,23,24). The molecule has 27 heavy (non-hydrogen) atoms. The minimum Gasteiger partial charge on any atom is -0.322 e. The van der Waals surface area contributed by atoms with Crippen LogP contribution in [0.2, 0.25) is 0 Å². The number of halogens is 1. The molecule has 3 aromatic rings. The van der Waals surface area contributed by atoms with Gasteiger partial charge in [0.1, 0.15) is 0 Å². The van der Waals surface area contributed by atoms with E-state index in [0.717, 1.165) is 10.0 Å². The van der Waals surface area contributed by atoms with E-state index in [0.29, 0.717) is 16.8 Å². The Morgan fingerprint density at radius 2 is 1.63 bits per heavy atom. The van der Waals surface area contributed by atoms with Crippen LogP contribution in [0.25, 0.3) is 0 Å². The number of aryl methyl sites for hydroxylation is 1. The molecule has 0 atom stereocenters. The predicted molar refractivity (Wildman–Crippen MR) is 111 cm³/mol. The Hall–Kier alpha value is -2.44. The van der Waals surface area contributed by atoms with Crippen LogP contribution in [0.15, 0.2) is 82.2 Å². The van der Waals surface area contributed by atoms with E-state index in [2.05, 4.69) is 21.2 Å². The summed E-state index contributed by atoms with van der Waals surface area (Å²) in [7, 11) is -3.41. The van der Waals surface area contributed by atoms with Crippen LogP contribution < -0.4 is 5.32 Å². The van der Waals surface area contributed by atoms with E-state index in [9.17, 15) is 13.2 Å². The van der Waals surface area contributed by atoms with Gasteiger partial charge in [0.25, 0.3) is 5.91 Å². The molecule has 1 N–H and O–H groups in total. The third-order valence-corrected chi connectivity index (χ3v) is 6.66. The second-order valence-corrected chi connectivity index (χ2v) is 9.03. The molecule has 3 aromatic carbocycles. The maximum Gasteiger partial charge on any atom is 0.255 e. The van der Waals surface area contributed by atoms with E-state index in [-0.39, 0.29) is 16.6 Å². The maximum atomic E-state index is 12.4. The molecular weight excluding hydrogens is 426 g/mol. The smallest absolute Gasteiger partial charge is 0.255 e. The fourth-order valence-electron chi connectivity index (χ4n) is 2.56. The van der Waals surface area contributed by atoms with Gasteiger partial charge in [-0.3, -0.25) is 4.79 Å². The third kappa shape index (κ3) is 4.84. The summed E-state index contributed by atoms with van der Waals surface area (Å²) in [5.74, 6) is -0.354. The summed E-state index contributed by atoms with van der Waals surface area (Å²) in [6, 6.07) is 20.5. The Morgan fingerprint density at radius 3 is 2.26 bits per heavy atom. The van der Waals surface area contributed by atoms with Crippen molar-refractivity contribution in [3.63, 3.8) is 0 Å². The molecule has 0 spiro atoms. The van der Waals surface area contributed by atoms with Crippen molar-refractivity contribution < 1.29 is 13.2 Å². The lowest BCUT2D eigenvalue weighted by molar-refractivity contribution is 0.102. The Morgan fingerprint density at radius 1 is 0.963 bits per heavy atom. The van der Waals surface area contributed by atoms with E-state index in [1.165, 1.54) is 0 Å². The van der Waals surface area contributed by atoms with Gasteiger partial charge >= 0.3 is 0 Å². The molecule has 0 aromatic heterocycles. The number of amides is 1. The zero-order valence-electron chi connectivity index (χ0n) is 14.6. The van der Waals surface area contributed by atoms with Crippen molar-refractivity contribution in [2.45, 2.75) is 17.6 Å². The molecule has 0 saturated heterocycles. The van der Waals surface area contributed by atoms with Crippen LogP contribution in [0.1, 0.15) is 21.5 Å². The monoisotopic (exact) mass is 443 g/mol. The van der Waals surface area contributed by atoms with Crippen molar-refractivity contribution in [3.05, 3.63) is 94.0 Å². The Balaban J connectivity index is 1.71. The minimum absolute atomic E-state index is 0.107. The summed E-state index contributed by atoms with van der Waals surface area (Å²) in [6.07, 6.45) is 0. The molecule has 0 unspecified atom stereocenters. The second kappa shape index (κ2) is 8.06. The van der Waals surface area contributed by atoms with Crippen LogP contribution in [-0.4, -0.2) is 14.3 Å². The first-order chi connectivity index (χ1) is 12.8. The summed E-state index contributed by atoms with van der Waals surface area (Å²) in [4.78, 5) is 12.7. The normalized spacial score (nSPS) is 11.2. The highest BCUT2D eigenvalue weighted by molar-refractivity contribution is 9.10. The zero-order chi connectivity index (χ0) is 19.4. The highest BCUT2D eigenvalue weighted by Crippen LogP contribution is 2.21. The van der Waals surface area contributed by atoms with E-state index in [1.807, 2.05) is 25.1 Å². The fraction of sp³-hybridized carbons (Fsp3) is 0.0952. The van der Waals surface area contributed by atoms with Gasteiger partial charge in [0, 0.05) is 15.7 Å². The van der Waals surface area contributed by atoms with E-state index in [4.69, 9.17) is 0 Å². The SMILES string of the molecule is Cc1ccc(NC(=O)c2ccc(CS(=O)(=O)c3ccccc3)cc2)cc1Br. The molecule has 3 rings (SSSR count). The number of hydrogen-bond acceptors (Lipinski definition) is 3. The lowest BCUT2D eigenvalue weighted by Gasteiger charge is -2.08. The van der Waals surface area contributed by atoms with Crippen molar-refractivity contribution in [2.24, 2.45) is 0 Å². The predicted octanol–water partition coefficient (Wildman–Crippen LogP) is 4.98. The molecule has 0 radical (unpaired) electrons. The van der Waals surface area contributed by atoms with E-state index >= 15 is 0 Å². The molecule has 0 aliphatic rings. The number of nitrogens with one attached hydrogen (secondary N) is 1. The quantitative estimate of drug-likeness (QED) is 0.604. The van der Waals surface area contributed by atoms with Crippen LogP contribution in [0.3, 0.4) is 0 Å². The zero-order valence-corrected chi connectivity index (χ0v) is 17.0. The van der Waals surface area contributed by atoms with Crippen LogP contribution in [0.5, 0.6) is 0 Å². The number of carbonyl (C=O) groups is 1. The minimum atomic E-state index is -3.41. The van der Waals surface area contributed by atoms with Gasteiger partial charge in [0.05, 0.1) is 10.6 Å². The lowest BCUT2D eigenvalue weighted by Crippen LogP contribution is -2.12. The van der Waals surface area contributed by atoms with Crippen molar-refractivity contribution in [1.29, 1.82) is 0 Å². The maximum absolute atomic E-state index is 12.4. The average molecular weight is 444 g/mol. The van der Waals surface area contributed by atoms with Gasteiger partial charge in [-0.2, -0.15) is 0 Å². The van der Waals surface area contributed by atoms with Crippen LogP contribution >= 0.6 is 15.9 Å².